The lowest BCUT2D eigenvalue weighted by atomic mass is 9.91. The molecule has 7 rings (SSSR count). The van der Waals surface area contributed by atoms with E-state index in [0.29, 0.717) is 18.4 Å². The molecule has 35 heavy (non-hydrogen) atoms. The molecule has 0 radical (unpaired) electrons. The fraction of sp³-hybridized carbons (Fsp3) is 0.250. The third-order valence-corrected chi connectivity index (χ3v) is 8.13. The minimum atomic E-state index is -0.274. The fourth-order valence-corrected chi connectivity index (χ4v) is 6.37. The zero-order valence-electron chi connectivity index (χ0n) is 19.2. The first-order valence-electron chi connectivity index (χ1n) is 12.1. The molecule has 174 valence electrons. The van der Waals surface area contributed by atoms with Crippen LogP contribution in [0.15, 0.2) is 79.3 Å². The van der Waals surface area contributed by atoms with Gasteiger partial charge in [0.15, 0.2) is 5.65 Å². The van der Waals surface area contributed by atoms with Crippen molar-refractivity contribution in [3.05, 3.63) is 90.6 Å². The standard InChI is InChI=1S/C28H25FN6/c29-22-7-3-2-6-20(22)28(17-30)19-10-13-34(16-21(19)28)26-15-32-27-24(33-26)11-14-35(27)25-9-12-31-23-8-4-1-5-18(23)25/h1-9,11-12,14-15,19,21H,10,13,16-17,30H2/t19-,21+,28-/m1/s1. The van der Waals surface area contributed by atoms with Crippen LogP contribution >= 0.6 is 0 Å². The minimum Gasteiger partial charge on any atom is -0.355 e. The average Bonchev–Trinajstić information content (AvgIpc) is 3.37. The summed E-state index contributed by atoms with van der Waals surface area (Å²) in [6, 6.07) is 19.2. The molecule has 0 amide bonds. The predicted octanol–water partition coefficient (Wildman–Crippen LogP) is 4.46. The first-order chi connectivity index (χ1) is 17.2. The van der Waals surface area contributed by atoms with Gasteiger partial charge in [-0.1, -0.05) is 36.4 Å². The minimum absolute atomic E-state index is 0.148. The highest BCUT2D eigenvalue weighted by molar-refractivity contribution is 5.89. The maximum Gasteiger partial charge on any atom is 0.163 e. The summed E-state index contributed by atoms with van der Waals surface area (Å²) in [7, 11) is 0. The molecule has 2 aromatic carbocycles. The zero-order valence-corrected chi connectivity index (χ0v) is 19.2. The van der Waals surface area contributed by atoms with Gasteiger partial charge in [-0.25, -0.2) is 14.4 Å². The summed E-state index contributed by atoms with van der Waals surface area (Å²) in [4.78, 5) is 16.5. The highest BCUT2D eigenvalue weighted by Gasteiger charge is 2.66. The molecular weight excluding hydrogens is 439 g/mol. The van der Waals surface area contributed by atoms with E-state index in [1.807, 2.05) is 61.1 Å². The number of para-hydroxylation sites is 1. The van der Waals surface area contributed by atoms with Crippen LogP contribution in [0, 0.1) is 17.7 Å². The van der Waals surface area contributed by atoms with E-state index in [-0.39, 0.29) is 11.2 Å². The number of piperidine rings is 1. The van der Waals surface area contributed by atoms with Crippen LogP contribution in [0.5, 0.6) is 0 Å². The highest BCUT2D eigenvalue weighted by Crippen LogP contribution is 2.63. The van der Waals surface area contributed by atoms with E-state index in [4.69, 9.17) is 15.7 Å². The van der Waals surface area contributed by atoms with E-state index in [2.05, 4.69) is 20.5 Å². The lowest BCUT2D eigenvalue weighted by Gasteiger charge is -2.27. The van der Waals surface area contributed by atoms with Gasteiger partial charge in [0.05, 0.1) is 17.4 Å². The summed E-state index contributed by atoms with van der Waals surface area (Å²) in [5.74, 6) is 1.45. The second-order valence-electron chi connectivity index (χ2n) is 9.64. The quantitative estimate of drug-likeness (QED) is 0.425. The average molecular weight is 465 g/mol. The van der Waals surface area contributed by atoms with Crippen LogP contribution in [0.1, 0.15) is 12.0 Å². The number of pyridine rings is 1. The molecule has 1 aliphatic heterocycles. The van der Waals surface area contributed by atoms with E-state index in [1.165, 1.54) is 0 Å². The number of benzene rings is 2. The molecule has 7 heteroatoms. The third kappa shape index (κ3) is 2.94. The van der Waals surface area contributed by atoms with Crippen molar-refractivity contribution in [1.82, 2.24) is 19.5 Å². The summed E-state index contributed by atoms with van der Waals surface area (Å²) in [5, 5.41) is 1.07. The zero-order chi connectivity index (χ0) is 23.6. The normalized spacial score (nSPS) is 23.5. The molecule has 4 heterocycles. The van der Waals surface area contributed by atoms with E-state index < -0.39 is 0 Å². The van der Waals surface area contributed by atoms with Crippen molar-refractivity contribution in [1.29, 1.82) is 0 Å². The Hall–Kier alpha value is -3.84. The van der Waals surface area contributed by atoms with Crippen molar-refractivity contribution in [3.63, 3.8) is 0 Å². The van der Waals surface area contributed by atoms with E-state index in [1.54, 1.807) is 12.1 Å². The molecule has 2 N–H and O–H groups in total. The maximum absolute atomic E-state index is 14.7. The number of halogens is 1. The van der Waals surface area contributed by atoms with E-state index >= 15 is 0 Å². The van der Waals surface area contributed by atoms with Crippen LogP contribution in [0.25, 0.3) is 27.8 Å². The van der Waals surface area contributed by atoms with Crippen molar-refractivity contribution in [2.45, 2.75) is 11.8 Å². The second kappa shape index (κ2) is 7.58. The Balaban J connectivity index is 1.21. The largest absolute Gasteiger partial charge is 0.355 e. The van der Waals surface area contributed by atoms with Crippen molar-refractivity contribution in [2.75, 3.05) is 24.5 Å². The first-order valence-corrected chi connectivity index (χ1v) is 12.1. The lowest BCUT2D eigenvalue weighted by Crippen LogP contribution is -2.32. The maximum atomic E-state index is 14.7. The molecule has 1 saturated heterocycles. The Morgan fingerprint density at radius 1 is 0.971 bits per heavy atom. The summed E-state index contributed by atoms with van der Waals surface area (Å²) in [6.07, 6.45) is 6.67. The van der Waals surface area contributed by atoms with Crippen LogP contribution in [0.3, 0.4) is 0 Å². The number of fused-ring (bicyclic) bond motifs is 3. The Morgan fingerprint density at radius 3 is 2.71 bits per heavy atom. The third-order valence-electron chi connectivity index (χ3n) is 8.13. The molecule has 0 unspecified atom stereocenters. The number of anilines is 1. The van der Waals surface area contributed by atoms with Crippen LogP contribution < -0.4 is 10.6 Å². The number of nitrogens with two attached hydrogens (primary N) is 1. The van der Waals surface area contributed by atoms with Gasteiger partial charge in [-0.15, -0.1) is 0 Å². The van der Waals surface area contributed by atoms with Crippen molar-refractivity contribution in [2.24, 2.45) is 17.6 Å². The van der Waals surface area contributed by atoms with Crippen LogP contribution in [-0.2, 0) is 5.41 Å². The molecular formula is C28H25FN6. The molecule has 0 spiro atoms. The molecule has 5 aromatic rings. The summed E-state index contributed by atoms with van der Waals surface area (Å²) in [6.45, 7) is 2.14. The summed E-state index contributed by atoms with van der Waals surface area (Å²) >= 11 is 0. The van der Waals surface area contributed by atoms with Gasteiger partial charge in [0.25, 0.3) is 0 Å². The van der Waals surface area contributed by atoms with Crippen molar-refractivity contribution >= 4 is 27.9 Å². The predicted molar refractivity (Wildman–Crippen MR) is 135 cm³/mol. The van der Waals surface area contributed by atoms with Gasteiger partial charge in [-0.2, -0.15) is 0 Å². The highest BCUT2D eigenvalue weighted by atomic mass is 19.1. The topological polar surface area (TPSA) is 72.9 Å². The number of aromatic nitrogens is 4. The SMILES string of the molecule is NC[C@]1(c2ccccc2F)[C@@H]2CCN(c3cnc4c(ccn4-c4ccnc5ccccc45)n3)C[C@@H]21. The van der Waals surface area contributed by atoms with Gasteiger partial charge < -0.3 is 10.6 Å². The summed E-state index contributed by atoms with van der Waals surface area (Å²) < 4.78 is 16.8. The van der Waals surface area contributed by atoms with Gasteiger partial charge in [0, 0.05) is 42.8 Å². The number of rotatable bonds is 4. The van der Waals surface area contributed by atoms with Gasteiger partial charge in [0.1, 0.15) is 17.2 Å². The van der Waals surface area contributed by atoms with E-state index in [0.717, 1.165) is 58.6 Å². The van der Waals surface area contributed by atoms with Crippen molar-refractivity contribution < 1.29 is 4.39 Å². The number of hydrogen-bond acceptors (Lipinski definition) is 5. The smallest absolute Gasteiger partial charge is 0.163 e. The Labute approximate surface area is 202 Å². The van der Waals surface area contributed by atoms with Gasteiger partial charge in [-0.3, -0.25) is 9.55 Å². The van der Waals surface area contributed by atoms with Gasteiger partial charge >= 0.3 is 0 Å². The second-order valence-corrected chi connectivity index (χ2v) is 9.64. The molecule has 6 nitrogen and oxygen atoms in total. The number of nitrogens with zero attached hydrogens (tertiary/aromatic N) is 5. The Kier molecular flexibility index (Phi) is 4.45. The molecule has 1 aliphatic carbocycles. The van der Waals surface area contributed by atoms with Gasteiger partial charge in [0.2, 0.25) is 0 Å². The molecule has 2 aliphatic rings. The van der Waals surface area contributed by atoms with Crippen molar-refractivity contribution in [3.8, 4) is 5.69 Å². The molecule has 0 bridgehead atoms. The molecule has 1 saturated carbocycles. The van der Waals surface area contributed by atoms with Crippen LogP contribution in [0.4, 0.5) is 10.2 Å². The Morgan fingerprint density at radius 2 is 1.83 bits per heavy atom. The van der Waals surface area contributed by atoms with Crippen LogP contribution in [0.2, 0.25) is 0 Å². The molecule has 3 atom stereocenters. The molecule has 3 aromatic heterocycles. The van der Waals surface area contributed by atoms with Crippen LogP contribution in [-0.4, -0.2) is 39.2 Å². The molecule has 2 fully saturated rings. The lowest BCUT2D eigenvalue weighted by molar-refractivity contribution is 0.533. The number of hydrogen-bond donors (Lipinski definition) is 1. The fourth-order valence-electron chi connectivity index (χ4n) is 6.37. The first kappa shape index (κ1) is 20.5. The Bertz CT molecular complexity index is 1570. The summed E-state index contributed by atoms with van der Waals surface area (Å²) in [5.41, 5.74) is 10.4. The van der Waals surface area contributed by atoms with E-state index in [9.17, 15) is 4.39 Å². The van der Waals surface area contributed by atoms with Gasteiger partial charge in [-0.05, 0) is 48.1 Å². The monoisotopic (exact) mass is 464 g/mol.